The predicted octanol–water partition coefficient (Wildman–Crippen LogP) is 3.55. The van der Waals surface area contributed by atoms with Gasteiger partial charge in [0.05, 0.1) is 12.7 Å². The zero-order chi connectivity index (χ0) is 14.4. The summed E-state index contributed by atoms with van der Waals surface area (Å²) in [6, 6.07) is 5.49. The van der Waals surface area contributed by atoms with E-state index >= 15 is 0 Å². The van der Waals surface area contributed by atoms with Crippen LogP contribution < -0.4 is 0 Å². The number of aliphatic hydroxyl groups is 1. The highest BCUT2D eigenvalue weighted by molar-refractivity contribution is 9.10. The molecule has 114 valence electrons. The van der Waals surface area contributed by atoms with Crippen LogP contribution in [-0.2, 0) is 11.2 Å². The van der Waals surface area contributed by atoms with Crippen molar-refractivity contribution in [2.45, 2.75) is 26.7 Å². The Bertz CT molecular complexity index is 435. The van der Waals surface area contributed by atoms with Crippen LogP contribution in [0.1, 0.15) is 36.2 Å². The maximum Gasteiger partial charge on any atom is 0.337 e. The second-order valence-electron chi connectivity index (χ2n) is 5.02. The van der Waals surface area contributed by atoms with Crippen LogP contribution in [0, 0.1) is 11.8 Å². The molecule has 0 fully saturated rings. The van der Waals surface area contributed by atoms with Crippen LogP contribution in [0.5, 0.6) is 0 Å². The van der Waals surface area contributed by atoms with Crippen molar-refractivity contribution >= 4 is 35.4 Å². The van der Waals surface area contributed by atoms with Crippen LogP contribution >= 0.6 is 29.4 Å². The van der Waals surface area contributed by atoms with Gasteiger partial charge in [0, 0.05) is 11.1 Å². The lowest BCUT2D eigenvalue weighted by Gasteiger charge is -2.18. The molecular weight excluding hydrogens is 340 g/mol. The standard InChI is InChI=1S/C15H21BrO3.H2S/c1-10(2)13(9-17)7-5-11-4-6-12(8-14(11)16)15(18)19-3;/h4,6,8,10,13,17H,5,7,9H2,1-3H3;1H2/t13-;/m1./s1. The first-order chi connectivity index (χ1) is 8.99. The van der Waals surface area contributed by atoms with E-state index in [2.05, 4.69) is 34.5 Å². The molecule has 20 heavy (non-hydrogen) atoms. The summed E-state index contributed by atoms with van der Waals surface area (Å²) >= 11 is 3.48. The molecule has 3 nitrogen and oxygen atoms in total. The molecule has 0 aliphatic heterocycles. The molecule has 1 rings (SSSR count). The Balaban J connectivity index is 0.00000361. The summed E-state index contributed by atoms with van der Waals surface area (Å²) in [5, 5.41) is 9.32. The number of benzene rings is 1. The van der Waals surface area contributed by atoms with Crippen LogP contribution in [0.25, 0.3) is 0 Å². The average molecular weight is 363 g/mol. The molecule has 1 aromatic carbocycles. The van der Waals surface area contributed by atoms with Crippen LogP contribution in [-0.4, -0.2) is 24.8 Å². The Kier molecular flexibility index (Phi) is 9.18. The smallest absolute Gasteiger partial charge is 0.337 e. The Morgan fingerprint density at radius 2 is 2.05 bits per heavy atom. The number of ether oxygens (including phenoxy) is 1. The first kappa shape index (κ1) is 19.5. The number of methoxy groups -OCH3 is 1. The SMILES string of the molecule is COC(=O)c1ccc(CC[C@H](CO)C(C)C)c(Br)c1.S. The molecule has 1 atom stereocenters. The second-order valence-corrected chi connectivity index (χ2v) is 5.88. The predicted molar refractivity (Wildman–Crippen MR) is 89.6 cm³/mol. The second kappa shape index (κ2) is 9.42. The summed E-state index contributed by atoms with van der Waals surface area (Å²) in [6.07, 6.45) is 1.82. The Morgan fingerprint density at radius 3 is 2.50 bits per heavy atom. The number of hydrogen-bond acceptors (Lipinski definition) is 3. The van der Waals surface area contributed by atoms with E-state index in [0.29, 0.717) is 17.4 Å². The van der Waals surface area contributed by atoms with Gasteiger partial charge in [0.15, 0.2) is 0 Å². The van der Waals surface area contributed by atoms with E-state index in [1.807, 2.05) is 6.07 Å². The zero-order valence-electron chi connectivity index (χ0n) is 12.1. The molecule has 0 amide bonds. The summed E-state index contributed by atoms with van der Waals surface area (Å²) in [4.78, 5) is 11.4. The Morgan fingerprint density at radius 1 is 1.40 bits per heavy atom. The van der Waals surface area contributed by atoms with E-state index in [1.165, 1.54) is 7.11 Å². The molecule has 0 aliphatic rings. The normalized spacial score (nSPS) is 11.9. The summed E-state index contributed by atoms with van der Waals surface area (Å²) in [5.41, 5.74) is 1.69. The molecular formula is C15H23BrO3S. The molecule has 0 unspecified atom stereocenters. The zero-order valence-corrected chi connectivity index (χ0v) is 14.7. The monoisotopic (exact) mass is 362 g/mol. The van der Waals surface area contributed by atoms with Gasteiger partial charge in [0.1, 0.15) is 0 Å². The van der Waals surface area contributed by atoms with E-state index in [9.17, 15) is 9.90 Å². The van der Waals surface area contributed by atoms with Crippen molar-refractivity contribution < 1.29 is 14.6 Å². The minimum Gasteiger partial charge on any atom is -0.465 e. The third-order valence-corrected chi connectivity index (χ3v) is 4.17. The van der Waals surface area contributed by atoms with Crippen LogP contribution in [0.15, 0.2) is 22.7 Å². The molecule has 0 spiro atoms. The maximum absolute atomic E-state index is 11.4. The highest BCUT2D eigenvalue weighted by atomic mass is 79.9. The molecule has 0 heterocycles. The van der Waals surface area contributed by atoms with Gasteiger partial charge in [-0.05, 0) is 42.4 Å². The Labute approximate surface area is 136 Å². The molecule has 1 aromatic rings. The number of hydrogen-bond donors (Lipinski definition) is 1. The fourth-order valence-electron chi connectivity index (χ4n) is 1.97. The molecule has 0 bridgehead atoms. The third kappa shape index (κ3) is 5.46. The van der Waals surface area contributed by atoms with Gasteiger partial charge in [-0.3, -0.25) is 0 Å². The van der Waals surface area contributed by atoms with Gasteiger partial charge in [-0.15, -0.1) is 0 Å². The quantitative estimate of drug-likeness (QED) is 0.787. The minimum atomic E-state index is -0.331. The van der Waals surface area contributed by atoms with Crippen molar-refractivity contribution in [3.05, 3.63) is 33.8 Å². The van der Waals surface area contributed by atoms with Crippen molar-refractivity contribution in [2.75, 3.05) is 13.7 Å². The number of carbonyl (C=O) groups is 1. The number of aryl methyl sites for hydroxylation is 1. The van der Waals surface area contributed by atoms with E-state index < -0.39 is 0 Å². The number of carbonyl (C=O) groups excluding carboxylic acids is 1. The van der Waals surface area contributed by atoms with E-state index in [1.54, 1.807) is 12.1 Å². The number of aliphatic hydroxyl groups excluding tert-OH is 1. The van der Waals surface area contributed by atoms with Gasteiger partial charge >= 0.3 is 5.97 Å². The Hall–Kier alpha value is -0.520. The van der Waals surface area contributed by atoms with Crippen molar-refractivity contribution in [1.29, 1.82) is 0 Å². The van der Waals surface area contributed by atoms with Crippen molar-refractivity contribution in [2.24, 2.45) is 11.8 Å². The van der Waals surface area contributed by atoms with Gasteiger partial charge in [-0.2, -0.15) is 13.5 Å². The third-order valence-electron chi connectivity index (χ3n) is 3.44. The molecule has 5 heteroatoms. The summed E-state index contributed by atoms with van der Waals surface area (Å²) in [6.45, 7) is 4.46. The molecule has 1 N–H and O–H groups in total. The highest BCUT2D eigenvalue weighted by Crippen LogP contribution is 2.24. The van der Waals surface area contributed by atoms with Crippen LogP contribution in [0.2, 0.25) is 0 Å². The maximum atomic E-state index is 11.4. The lowest BCUT2D eigenvalue weighted by molar-refractivity contribution is 0.0600. The lowest BCUT2D eigenvalue weighted by atomic mass is 9.90. The van der Waals surface area contributed by atoms with Gasteiger partial charge in [0.2, 0.25) is 0 Å². The summed E-state index contributed by atoms with van der Waals surface area (Å²) in [5.74, 6) is 0.452. The molecule has 0 radical (unpaired) electrons. The minimum absolute atomic E-state index is 0. The fourth-order valence-corrected chi connectivity index (χ4v) is 2.55. The molecule has 0 saturated carbocycles. The van der Waals surface area contributed by atoms with Gasteiger partial charge in [-0.25, -0.2) is 4.79 Å². The van der Waals surface area contributed by atoms with Crippen molar-refractivity contribution in [1.82, 2.24) is 0 Å². The number of rotatable bonds is 6. The molecule has 0 aliphatic carbocycles. The van der Waals surface area contributed by atoms with Crippen LogP contribution in [0.3, 0.4) is 0 Å². The van der Waals surface area contributed by atoms with E-state index in [4.69, 9.17) is 0 Å². The van der Waals surface area contributed by atoms with E-state index in [-0.39, 0.29) is 26.1 Å². The number of esters is 1. The highest BCUT2D eigenvalue weighted by Gasteiger charge is 2.14. The van der Waals surface area contributed by atoms with Crippen molar-refractivity contribution in [3.63, 3.8) is 0 Å². The largest absolute Gasteiger partial charge is 0.465 e. The van der Waals surface area contributed by atoms with Gasteiger partial charge in [0.25, 0.3) is 0 Å². The first-order valence-electron chi connectivity index (χ1n) is 6.47. The summed E-state index contributed by atoms with van der Waals surface area (Å²) in [7, 11) is 1.37. The summed E-state index contributed by atoms with van der Waals surface area (Å²) < 4.78 is 5.60. The van der Waals surface area contributed by atoms with E-state index in [0.717, 1.165) is 22.9 Å². The topological polar surface area (TPSA) is 46.5 Å². The average Bonchev–Trinajstić information content (AvgIpc) is 2.39. The van der Waals surface area contributed by atoms with Crippen LogP contribution in [0.4, 0.5) is 0 Å². The first-order valence-corrected chi connectivity index (χ1v) is 7.26. The van der Waals surface area contributed by atoms with Crippen molar-refractivity contribution in [3.8, 4) is 0 Å². The molecule has 0 saturated heterocycles. The van der Waals surface area contributed by atoms with Gasteiger partial charge < -0.3 is 9.84 Å². The fraction of sp³-hybridized carbons (Fsp3) is 0.533. The molecule has 0 aromatic heterocycles. The van der Waals surface area contributed by atoms with Gasteiger partial charge in [-0.1, -0.05) is 35.8 Å². The lowest BCUT2D eigenvalue weighted by Crippen LogP contribution is -2.14. The number of halogens is 1.